The number of nitrogens with one attached hydrogen (secondary N) is 1. The van der Waals surface area contributed by atoms with Crippen LogP contribution in [0.4, 0.5) is 0 Å². The molecule has 0 saturated heterocycles. The Kier molecular flexibility index (Phi) is 6.88. The van der Waals surface area contributed by atoms with Crippen LogP contribution in [-0.2, 0) is 31.7 Å². The molecular formula is C24H28N2O4S2. The topological polar surface area (TPSA) is 93.2 Å². The molecule has 0 bridgehead atoms. The first-order valence-electron chi connectivity index (χ1n) is 10.3. The molecule has 0 saturated carbocycles. The van der Waals surface area contributed by atoms with Gasteiger partial charge in [-0.2, -0.15) is 0 Å². The average Bonchev–Trinajstić information content (AvgIpc) is 2.74. The van der Waals surface area contributed by atoms with Gasteiger partial charge in [0.05, 0.1) is 14.7 Å². The lowest BCUT2D eigenvalue weighted by atomic mass is 9.87. The van der Waals surface area contributed by atoms with Gasteiger partial charge >= 0.3 is 0 Å². The summed E-state index contributed by atoms with van der Waals surface area (Å²) < 4.78 is 54.6. The van der Waals surface area contributed by atoms with E-state index in [-0.39, 0.29) is 26.6 Å². The molecule has 0 fully saturated rings. The van der Waals surface area contributed by atoms with Gasteiger partial charge in [-0.1, -0.05) is 45.0 Å². The Morgan fingerprint density at radius 1 is 0.875 bits per heavy atom. The first-order chi connectivity index (χ1) is 14.9. The van der Waals surface area contributed by atoms with Crippen LogP contribution < -0.4 is 4.72 Å². The van der Waals surface area contributed by atoms with Crippen LogP contribution in [0.1, 0.15) is 37.6 Å². The summed E-state index contributed by atoms with van der Waals surface area (Å²) in [6.07, 6.45) is 2.08. The average molecular weight is 473 g/mol. The highest BCUT2D eigenvalue weighted by atomic mass is 32.2. The molecule has 1 heterocycles. The van der Waals surface area contributed by atoms with E-state index >= 15 is 0 Å². The second-order valence-corrected chi connectivity index (χ2v) is 12.4. The van der Waals surface area contributed by atoms with Crippen molar-refractivity contribution in [3.8, 4) is 0 Å². The van der Waals surface area contributed by atoms with E-state index in [1.165, 1.54) is 18.2 Å². The van der Waals surface area contributed by atoms with Crippen molar-refractivity contribution < 1.29 is 16.8 Å². The van der Waals surface area contributed by atoms with Crippen LogP contribution in [0.15, 0.2) is 81.5 Å². The van der Waals surface area contributed by atoms with Gasteiger partial charge in [-0.15, -0.1) is 0 Å². The Bertz CT molecular complexity index is 1290. The molecule has 3 aromatic rings. The summed E-state index contributed by atoms with van der Waals surface area (Å²) in [6.45, 7) is 7.95. The van der Waals surface area contributed by atoms with Gasteiger partial charge < -0.3 is 0 Å². The highest BCUT2D eigenvalue weighted by Gasteiger charge is 2.24. The van der Waals surface area contributed by atoms with Crippen molar-refractivity contribution in [2.45, 2.75) is 54.2 Å². The third kappa shape index (κ3) is 5.43. The number of hydrogen-bond donors (Lipinski definition) is 1. The van der Waals surface area contributed by atoms with Crippen molar-refractivity contribution in [3.63, 3.8) is 0 Å². The third-order valence-electron chi connectivity index (χ3n) is 5.19. The molecule has 0 atom stereocenters. The van der Waals surface area contributed by atoms with Crippen molar-refractivity contribution in [2.75, 3.05) is 6.54 Å². The van der Waals surface area contributed by atoms with Crippen molar-refractivity contribution >= 4 is 19.9 Å². The smallest absolute Gasteiger partial charge is 0.240 e. The summed E-state index contributed by atoms with van der Waals surface area (Å²) in [4.78, 5) is 4.19. The summed E-state index contributed by atoms with van der Waals surface area (Å²) >= 11 is 0. The Morgan fingerprint density at radius 2 is 1.53 bits per heavy atom. The number of pyridine rings is 1. The molecule has 170 valence electrons. The van der Waals surface area contributed by atoms with Crippen LogP contribution >= 0.6 is 0 Å². The monoisotopic (exact) mass is 472 g/mol. The molecule has 0 aliphatic carbocycles. The van der Waals surface area contributed by atoms with E-state index in [1.807, 2.05) is 12.1 Å². The summed E-state index contributed by atoms with van der Waals surface area (Å²) in [7, 11) is -7.76. The molecule has 3 rings (SSSR count). The van der Waals surface area contributed by atoms with Crippen LogP contribution in [0, 0.1) is 6.92 Å². The Morgan fingerprint density at radius 3 is 2.12 bits per heavy atom. The second-order valence-electron chi connectivity index (χ2n) is 8.67. The number of benzene rings is 2. The van der Waals surface area contributed by atoms with Crippen LogP contribution in [0.5, 0.6) is 0 Å². The molecule has 2 aromatic carbocycles. The molecule has 0 aliphatic rings. The molecule has 0 radical (unpaired) electrons. The minimum absolute atomic E-state index is 0.0501. The van der Waals surface area contributed by atoms with E-state index in [1.54, 1.807) is 43.5 Å². The highest BCUT2D eigenvalue weighted by molar-refractivity contribution is 7.91. The zero-order valence-electron chi connectivity index (χ0n) is 18.7. The number of aromatic nitrogens is 1. The van der Waals surface area contributed by atoms with E-state index in [0.29, 0.717) is 12.0 Å². The Labute approximate surface area is 190 Å². The van der Waals surface area contributed by atoms with Crippen LogP contribution in [0.2, 0.25) is 0 Å². The lowest BCUT2D eigenvalue weighted by Crippen LogP contribution is -2.27. The quantitative estimate of drug-likeness (QED) is 0.560. The van der Waals surface area contributed by atoms with Crippen molar-refractivity contribution in [1.82, 2.24) is 9.71 Å². The molecule has 1 aromatic heterocycles. The number of aryl methyl sites for hydroxylation is 1. The van der Waals surface area contributed by atoms with Gasteiger partial charge in [0.1, 0.15) is 0 Å². The van der Waals surface area contributed by atoms with Gasteiger partial charge in [-0.25, -0.2) is 21.6 Å². The molecule has 6 nitrogen and oxygen atoms in total. The lowest BCUT2D eigenvalue weighted by molar-refractivity contribution is 0.580. The molecule has 0 aliphatic heterocycles. The van der Waals surface area contributed by atoms with Crippen molar-refractivity contribution in [2.24, 2.45) is 0 Å². The maximum absolute atomic E-state index is 13.2. The van der Waals surface area contributed by atoms with E-state index in [0.717, 1.165) is 11.3 Å². The number of nitrogens with zero attached hydrogens (tertiary/aromatic N) is 1. The van der Waals surface area contributed by atoms with Gasteiger partial charge in [-0.05, 0) is 59.9 Å². The fourth-order valence-corrected chi connectivity index (χ4v) is 5.91. The zero-order valence-corrected chi connectivity index (χ0v) is 20.3. The lowest BCUT2D eigenvalue weighted by Gasteiger charge is -2.19. The summed E-state index contributed by atoms with van der Waals surface area (Å²) in [6, 6.07) is 16.3. The highest BCUT2D eigenvalue weighted by Crippen LogP contribution is 2.28. The fourth-order valence-electron chi connectivity index (χ4n) is 3.24. The summed E-state index contributed by atoms with van der Waals surface area (Å²) in [5.41, 5.74) is 2.15. The van der Waals surface area contributed by atoms with Gasteiger partial charge in [0.15, 0.2) is 0 Å². The molecule has 0 unspecified atom stereocenters. The number of hydrogen-bond acceptors (Lipinski definition) is 5. The van der Waals surface area contributed by atoms with Gasteiger partial charge in [0.2, 0.25) is 19.9 Å². The number of sulfone groups is 1. The summed E-state index contributed by atoms with van der Waals surface area (Å²) in [5.74, 6) is 0. The van der Waals surface area contributed by atoms with Gasteiger partial charge in [-0.3, -0.25) is 4.98 Å². The molecule has 0 amide bonds. The molecule has 32 heavy (non-hydrogen) atoms. The fraction of sp³-hybridized carbons (Fsp3) is 0.292. The first-order valence-corrected chi connectivity index (χ1v) is 13.2. The SMILES string of the molecule is Cc1ccc(S(=O)(=O)c2ccc(C(C)(C)C)cc2)cc1S(=O)(=O)NCCc1ccccn1. The Hall–Kier alpha value is -2.55. The van der Waals surface area contributed by atoms with E-state index < -0.39 is 19.9 Å². The second kappa shape index (κ2) is 9.13. The van der Waals surface area contributed by atoms with E-state index in [4.69, 9.17) is 0 Å². The van der Waals surface area contributed by atoms with E-state index in [2.05, 4.69) is 30.5 Å². The maximum Gasteiger partial charge on any atom is 0.240 e. The van der Waals surface area contributed by atoms with Crippen LogP contribution in [-0.4, -0.2) is 28.4 Å². The minimum Gasteiger partial charge on any atom is -0.261 e. The number of sulfonamides is 1. The van der Waals surface area contributed by atoms with Crippen molar-refractivity contribution in [3.05, 3.63) is 83.7 Å². The molecule has 1 N–H and O–H groups in total. The Balaban J connectivity index is 1.87. The summed E-state index contributed by atoms with van der Waals surface area (Å²) in [5, 5.41) is 0. The first kappa shape index (κ1) is 24.1. The van der Waals surface area contributed by atoms with Gasteiger partial charge in [0, 0.05) is 24.9 Å². The normalized spacial score (nSPS) is 12.6. The minimum atomic E-state index is -3.89. The molecule has 8 heteroatoms. The standard InChI is InChI=1S/C24H28N2O4S2/c1-18-8-11-22(31(27,28)21-12-9-19(10-13-21)24(2,3)4)17-23(18)32(29,30)26-16-14-20-7-5-6-15-25-20/h5-13,15,17,26H,14,16H2,1-4H3. The van der Waals surface area contributed by atoms with E-state index in [9.17, 15) is 16.8 Å². The maximum atomic E-state index is 13.2. The van der Waals surface area contributed by atoms with Crippen molar-refractivity contribution in [1.29, 1.82) is 0 Å². The third-order valence-corrected chi connectivity index (χ3v) is 8.56. The van der Waals surface area contributed by atoms with Crippen LogP contribution in [0.25, 0.3) is 0 Å². The predicted molar refractivity (Wildman–Crippen MR) is 125 cm³/mol. The van der Waals surface area contributed by atoms with Crippen LogP contribution in [0.3, 0.4) is 0 Å². The number of rotatable bonds is 7. The van der Waals surface area contributed by atoms with Gasteiger partial charge in [0.25, 0.3) is 0 Å². The zero-order chi connectivity index (χ0) is 23.6. The molecule has 0 spiro atoms. The predicted octanol–water partition coefficient (Wildman–Crippen LogP) is 4.04. The molecular weight excluding hydrogens is 444 g/mol. The largest absolute Gasteiger partial charge is 0.261 e.